The molecular formula is C77H48. The summed E-state index contributed by atoms with van der Waals surface area (Å²) in [4.78, 5) is 0. The quantitative estimate of drug-likeness (QED) is 0.115. The van der Waals surface area contributed by atoms with Crippen molar-refractivity contribution in [1.29, 1.82) is 0 Å². The third-order valence-electron chi connectivity index (χ3n) is 17.6. The number of rotatable bonds is 6. The van der Waals surface area contributed by atoms with Crippen LogP contribution in [-0.2, 0) is 0 Å². The molecule has 0 heterocycles. The van der Waals surface area contributed by atoms with Gasteiger partial charge < -0.3 is 0 Å². The summed E-state index contributed by atoms with van der Waals surface area (Å²) in [6.07, 6.45) is 5.78. The van der Waals surface area contributed by atoms with E-state index in [0.717, 1.165) is 6.42 Å². The number of allylic oxidation sites excluding steroid dienone is 4. The largest absolute Gasteiger partial charge is 0.0807 e. The molecule has 0 bridgehead atoms. The molecule has 0 amide bonds. The summed E-state index contributed by atoms with van der Waals surface area (Å²) in [5.41, 5.74) is 26.2. The fourth-order valence-corrected chi connectivity index (χ4v) is 14.6. The molecule has 0 radical (unpaired) electrons. The molecule has 3 aliphatic carbocycles. The Morgan fingerprint density at radius 1 is 0.247 bits per heavy atom. The second kappa shape index (κ2) is 16.2. The highest BCUT2D eigenvalue weighted by molar-refractivity contribution is 6.42. The van der Waals surface area contributed by atoms with Gasteiger partial charge in [-0.05, 0) is 188 Å². The summed E-state index contributed by atoms with van der Waals surface area (Å²) in [5.74, 6) is 0.404. The highest BCUT2D eigenvalue weighted by Crippen LogP contribution is 2.63. The minimum atomic E-state index is 0.404. The zero-order valence-electron chi connectivity index (χ0n) is 42.5. The van der Waals surface area contributed by atoms with Crippen LogP contribution in [-0.4, -0.2) is 0 Å². The van der Waals surface area contributed by atoms with Gasteiger partial charge in [-0.3, -0.25) is 0 Å². The van der Waals surface area contributed by atoms with Crippen LogP contribution in [0.5, 0.6) is 0 Å². The lowest BCUT2D eigenvalue weighted by Gasteiger charge is -2.26. The van der Waals surface area contributed by atoms with E-state index in [9.17, 15) is 0 Å². The molecule has 356 valence electrons. The summed E-state index contributed by atoms with van der Waals surface area (Å²) >= 11 is 0. The molecule has 0 aliphatic heterocycles. The van der Waals surface area contributed by atoms with E-state index >= 15 is 0 Å². The average molecular weight is 973 g/mol. The Kier molecular flexibility index (Phi) is 8.98. The molecule has 0 heteroatoms. The smallest absolute Gasteiger partial charge is 0.000718 e. The van der Waals surface area contributed by atoms with Crippen molar-refractivity contribution in [3.63, 3.8) is 0 Å². The Morgan fingerprint density at radius 3 is 1.06 bits per heavy atom. The van der Waals surface area contributed by atoms with Crippen LogP contribution in [0.2, 0.25) is 0 Å². The van der Waals surface area contributed by atoms with Gasteiger partial charge in [-0.1, -0.05) is 262 Å². The van der Waals surface area contributed by atoms with E-state index < -0.39 is 0 Å². The molecule has 0 spiro atoms. The minimum Gasteiger partial charge on any atom is -0.0807 e. The van der Waals surface area contributed by atoms with Gasteiger partial charge in [-0.25, -0.2) is 0 Å². The molecule has 0 fully saturated rings. The lowest BCUT2D eigenvalue weighted by molar-refractivity contribution is 0.751. The first-order chi connectivity index (χ1) is 38.2. The van der Waals surface area contributed by atoms with Crippen molar-refractivity contribution >= 4 is 75.8 Å². The van der Waals surface area contributed by atoms with Gasteiger partial charge in [0.1, 0.15) is 0 Å². The highest BCUT2D eigenvalue weighted by atomic mass is 14.4. The van der Waals surface area contributed by atoms with Crippen LogP contribution >= 0.6 is 0 Å². The van der Waals surface area contributed by atoms with Gasteiger partial charge in [0.15, 0.2) is 0 Å². The molecular weight excluding hydrogens is 925 g/mol. The lowest BCUT2D eigenvalue weighted by Crippen LogP contribution is -2.05. The van der Waals surface area contributed by atoms with Crippen LogP contribution in [0.25, 0.3) is 165 Å². The Morgan fingerprint density at radius 2 is 0.597 bits per heavy atom. The molecule has 0 saturated carbocycles. The van der Waals surface area contributed by atoms with Gasteiger partial charge >= 0.3 is 0 Å². The maximum absolute atomic E-state index is 2.50. The van der Waals surface area contributed by atoms with Gasteiger partial charge in [-0.15, -0.1) is 0 Å². The Balaban J connectivity index is 0.992. The van der Waals surface area contributed by atoms with Crippen LogP contribution < -0.4 is 0 Å². The van der Waals surface area contributed by atoms with Crippen molar-refractivity contribution in [3.8, 4) is 89.0 Å². The monoisotopic (exact) mass is 972 g/mol. The second-order valence-corrected chi connectivity index (χ2v) is 21.7. The summed E-state index contributed by atoms with van der Waals surface area (Å²) in [6.45, 7) is 2.37. The first-order valence-corrected chi connectivity index (χ1v) is 27.3. The first kappa shape index (κ1) is 42.7. The van der Waals surface area contributed by atoms with E-state index in [1.54, 1.807) is 0 Å². The summed E-state index contributed by atoms with van der Waals surface area (Å²) < 4.78 is 0. The van der Waals surface area contributed by atoms with Gasteiger partial charge in [0, 0.05) is 0 Å². The van der Waals surface area contributed by atoms with Gasteiger partial charge in [-0.2, -0.15) is 0 Å². The molecule has 0 nitrogen and oxygen atoms in total. The summed E-state index contributed by atoms with van der Waals surface area (Å²) in [5, 5.41) is 15.8. The number of hydrogen-bond donors (Lipinski definition) is 0. The minimum absolute atomic E-state index is 0.404. The van der Waals surface area contributed by atoms with Crippen molar-refractivity contribution < 1.29 is 0 Å². The molecule has 1 atom stereocenters. The van der Waals surface area contributed by atoms with E-state index in [1.807, 2.05) is 0 Å². The number of benzene rings is 14. The molecule has 14 aromatic rings. The molecule has 17 rings (SSSR count). The first-order valence-electron chi connectivity index (χ1n) is 27.3. The van der Waals surface area contributed by atoms with Crippen molar-refractivity contribution in [2.24, 2.45) is 5.92 Å². The summed E-state index contributed by atoms with van der Waals surface area (Å²) in [6, 6.07) is 91.6. The number of hydrogen-bond acceptors (Lipinski definition) is 0. The van der Waals surface area contributed by atoms with E-state index in [-0.39, 0.29) is 0 Å². The van der Waals surface area contributed by atoms with Gasteiger partial charge in [0.2, 0.25) is 0 Å². The molecule has 14 aromatic carbocycles. The van der Waals surface area contributed by atoms with Crippen LogP contribution in [0.4, 0.5) is 0 Å². The molecule has 3 aliphatic rings. The fraction of sp³-hybridized carbons (Fsp3) is 0.0390. The van der Waals surface area contributed by atoms with E-state index in [2.05, 4.69) is 262 Å². The lowest BCUT2D eigenvalue weighted by atomic mass is 9.77. The number of fused-ring (bicyclic) bond motifs is 10. The van der Waals surface area contributed by atoms with Gasteiger partial charge in [0.05, 0.1) is 0 Å². The maximum Gasteiger partial charge on any atom is -0.000718 e. The third-order valence-corrected chi connectivity index (χ3v) is 17.6. The van der Waals surface area contributed by atoms with Gasteiger partial charge in [0.25, 0.3) is 0 Å². The standard InChI is InChI=1S/C77H48/c1-45-34-35-51(47-22-8-3-9-23-47)65(44-45)71-56-33-19-17-31-54(56)67(49-26-12-5-13-27-49)75-62-41-37-58-59-38-42-63-72-61(40-36-57(68(59)72)60-39-43-64(77(71)75)73(62)69(58)60)74-66(48-24-10-4-11-25-48)53-30-16-18-32-55(53)70(76(63)74)52-29-15-14-28-50(52)46-20-6-2-7-21-46/h2-43,45H,44H2,1H3. The Labute approximate surface area is 447 Å². The molecule has 0 N–H and O–H groups in total. The van der Waals surface area contributed by atoms with Crippen molar-refractivity contribution in [2.45, 2.75) is 13.3 Å². The molecule has 1 unspecified atom stereocenters. The van der Waals surface area contributed by atoms with Crippen molar-refractivity contribution in [3.05, 3.63) is 266 Å². The maximum atomic E-state index is 2.50. The molecule has 0 aromatic heterocycles. The zero-order valence-corrected chi connectivity index (χ0v) is 42.5. The fourth-order valence-electron chi connectivity index (χ4n) is 14.6. The predicted octanol–water partition coefficient (Wildman–Crippen LogP) is 21.5. The van der Waals surface area contributed by atoms with E-state index in [4.69, 9.17) is 0 Å². The van der Waals surface area contributed by atoms with E-state index in [0.29, 0.717) is 5.92 Å². The Bertz CT molecular complexity index is 4880. The van der Waals surface area contributed by atoms with E-state index in [1.165, 1.54) is 176 Å². The third kappa shape index (κ3) is 5.88. The highest BCUT2D eigenvalue weighted by Gasteiger charge is 2.36. The van der Waals surface area contributed by atoms with Crippen LogP contribution in [0.1, 0.15) is 24.5 Å². The zero-order chi connectivity index (χ0) is 50.5. The van der Waals surface area contributed by atoms with Crippen LogP contribution in [0.3, 0.4) is 0 Å². The Hall–Kier alpha value is -9.62. The van der Waals surface area contributed by atoms with Crippen molar-refractivity contribution in [1.82, 2.24) is 0 Å². The molecule has 0 saturated heterocycles. The SMILES string of the molecule is CC1C=CC(c2ccccc2)=C(c2c3c(c(-c4ccccc4)c4ccccc24)-c2ccc4c5ccc6c7c(ccc(c8ccc-3c2c84)c75)-c2c-6c(-c3ccccc3-c3ccccc3)c3ccccc3c2-c2ccccc2)C1. The van der Waals surface area contributed by atoms with Crippen LogP contribution in [0, 0.1) is 5.92 Å². The summed E-state index contributed by atoms with van der Waals surface area (Å²) in [7, 11) is 0. The molecule has 77 heavy (non-hydrogen) atoms. The second-order valence-electron chi connectivity index (χ2n) is 21.7. The van der Waals surface area contributed by atoms with Crippen LogP contribution in [0.15, 0.2) is 255 Å². The average Bonchev–Trinajstić information content (AvgIpc) is 4.01. The normalized spacial score (nSPS) is 14.3. The van der Waals surface area contributed by atoms with Crippen molar-refractivity contribution in [2.75, 3.05) is 0 Å². The topological polar surface area (TPSA) is 0 Å². The predicted molar refractivity (Wildman–Crippen MR) is 329 cm³/mol.